The lowest BCUT2D eigenvalue weighted by molar-refractivity contribution is 0.555. The van der Waals surface area contributed by atoms with Crippen LogP contribution in [0.3, 0.4) is 0 Å². The van der Waals surface area contributed by atoms with Crippen LogP contribution in [0.5, 0.6) is 0 Å². The molecule has 0 fully saturated rings. The maximum atomic E-state index is 12.1. The molecule has 1 heterocycles. The van der Waals surface area contributed by atoms with E-state index in [-0.39, 0.29) is 11.6 Å². The second kappa shape index (κ2) is 5.52. The average molecular weight is 280 g/mol. The first-order valence-corrected chi connectivity index (χ1v) is 7.26. The molecule has 0 amide bonds. The Morgan fingerprint density at radius 2 is 2.05 bits per heavy atom. The molecule has 0 spiro atoms. The Bertz CT molecular complexity index is 637. The van der Waals surface area contributed by atoms with Crippen LogP contribution in [0.15, 0.2) is 47.9 Å². The van der Waals surface area contributed by atoms with Gasteiger partial charge in [-0.1, -0.05) is 30.3 Å². The minimum atomic E-state index is -3.66. The number of hydrogen-bond donors (Lipinski definition) is 2. The summed E-state index contributed by atoms with van der Waals surface area (Å²) < 4.78 is 28.4. The molecule has 7 heteroatoms. The van der Waals surface area contributed by atoms with Crippen LogP contribution < -0.4 is 10.5 Å². The predicted molar refractivity (Wildman–Crippen MR) is 71.8 cm³/mol. The van der Waals surface area contributed by atoms with E-state index in [1.54, 1.807) is 11.6 Å². The molecule has 2 aromatic rings. The van der Waals surface area contributed by atoms with Gasteiger partial charge in [-0.25, -0.2) is 18.1 Å². The van der Waals surface area contributed by atoms with Crippen molar-refractivity contribution in [3.8, 4) is 0 Å². The van der Waals surface area contributed by atoms with Crippen molar-refractivity contribution >= 4 is 10.0 Å². The first-order chi connectivity index (χ1) is 9.03. The van der Waals surface area contributed by atoms with Gasteiger partial charge in [-0.05, 0) is 5.56 Å². The highest BCUT2D eigenvalue weighted by molar-refractivity contribution is 7.89. The quantitative estimate of drug-likeness (QED) is 0.829. The van der Waals surface area contributed by atoms with Crippen LogP contribution in [0, 0.1) is 0 Å². The Morgan fingerprint density at radius 1 is 1.37 bits per heavy atom. The van der Waals surface area contributed by atoms with Crippen molar-refractivity contribution in [1.29, 1.82) is 0 Å². The smallest absolute Gasteiger partial charge is 0.260 e. The number of aryl methyl sites for hydroxylation is 1. The second-order valence-corrected chi connectivity index (χ2v) is 5.86. The highest BCUT2D eigenvalue weighted by Crippen LogP contribution is 2.15. The summed E-state index contributed by atoms with van der Waals surface area (Å²) in [5, 5.41) is -0.00983. The third-order valence-electron chi connectivity index (χ3n) is 2.69. The van der Waals surface area contributed by atoms with Gasteiger partial charge in [0.05, 0.1) is 12.4 Å². The van der Waals surface area contributed by atoms with Crippen LogP contribution in [0.1, 0.15) is 11.6 Å². The molecule has 1 aromatic carbocycles. The van der Waals surface area contributed by atoms with Gasteiger partial charge in [0.15, 0.2) is 5.03 Å². The maximum absolute atomic E-state index is 12.1. The third kappa shape index (κ3) is 3.19. The molecule has 1 aromatic heterocycles. The lowest BCUT2D eigenvalue weighted by Gasteiger charge is -2.16. The van der Waals surface area contributed by atoms with E-state index in [9.17, 15) is 8.42 Å². The third-order valence-corrected chi connectivity index (χ3v) is 4.05. The molecule has 1 unspecified atom stereocenters. The summed E-state index contributed by atoms with van der Waals surface area (Å²) in [6, 6.07) is 8.75. The summed E-state index contributed by atoms with van der Waals surface area (Å²) in [4.78, 5) is 3.84. The van der Waals surface area contributed by atoms with E-state index in [4.69, 9.17) is 5.73 Å². The van der Waals surface area contributed by atoms with Crippen LogP contribution in [0.2, 0.25) is 0 Å². The fourth-order valence-corrected chi connectivity index (χ4v) is 2.93. The molecule has 0 saturated heterocycles. The molecule has 0 radical (unpaired) electrons. The Labute approximate surface area is 112 Å². The van der Waals surface area contributed by atoms with Crippen molar-refractivity contribution in [3.05, 3.63) is 48.4 Å². The first-order valence-electron chi connectivity index (χ1n) is 5.78. The SMILES string of the molecule is Cn1cnc(S(=O)(=O)NC(CN)c2ccccc2)c1. The summed E-state index contributed by atoms with van der Waals surface area (Å²) in [5.41, 5.74) is 6.47. The molecule has 0 saturated carbocycles. The normalized spacial score (nSPS) is 13.4. The average Bonchev–Trinajstić information content (AvgIpc) is 2.85. The van der Waals surface area contributed by atoms with Gasteiger partial charge >= 0.3 is 0 Å². The van der Waals surface area contributed by atoms with Crippen molar-refractivity contribution in [2.75, 3.05) is 6.54 Å². The fraction of sp³-hybridized carbons (Fsp3) is 0.250. The molecular formula is C12H16N4O2S. The van der Waals surface area contributed by atoms with Gasteiger partial charge in [0.1, 0.15) is 0 Å². The van der Waals surface area contributed by atoms with Gasteiger partial charge < -0.3 is 10.3 Å². The van der Waals surface area contributed by atoms with Crippen molar-refractivity contribution in [2.45, 2.75) is 11.1 Å². The lowest BCUT2D eigenvalue weighted by atomic mass is 10.1. The lowest BCUT2D eigenvalue weighted by Crippen LogP contribution is -2.33. The predicted octanol–water partition coefficient (Wildman–Crippen LogP) is 0.398. The number of nitrogens with zero attached hydrogens (tertiary/aromatic N) is 2. The van der Waals surface area contributed by atoms with E-state index in [2.05, 4.69) is 9.71 Å². The Balaban J connectivity index is 2.23. The topological polar surface area (TPSA) is 90.0 Å². The molecule has 19 heavy (non-hydrogen) atoms. The first kappa shape index (κ1) is 13.7. The number of sulfonamides is 1. The van der Waals surface area contributed by atoms with Crippen molar-refractivity contribution < 1.29 is 8.42 Å². The zero-order chi connectivity index (χ0) is 13.9. The molecule has 102 valence electrons. The number of benzene rings is 1. The Hall–Kier alpha value is -1.70. The number of rotatable bonds is 5. The monoisotopic (exact) mass is 280 g/mol. The van der Waals surface area contributed by atoms with E-state index in [0.717, 1.165) is 5.56 Å². The van der Waals surface area contributed by atoms with Gasteiger partial charge in [-0.2, -0.15) is 0 Å². The van der Waals surface area contributed by atoms with Crippen molar-refractivity contribution in [3.63, 3.8) is 0 Å². The number of hydrogen-bond acceptors (Lipinski definition) is 4. The number of imidazole rings is 1. The molecule has 0 aliphatic heterocycles. The van der Waals surface area contributed by atoms with E-state index in [1.165, 1.54) is 12.5 Å². The highest BCUT2D eigenvalue weighted by Gasteiger charge is 2.22. The molecule has 0 aliphatic rings. The van der Waals surface area contributed by atoms with Crippen LogP contribution in [-0.2, 0) is 17.1 Å². The van der Waals surface area contributed by atoms with E-state index < -0.39 is 16.1 Å². The van der Waals surface area contributed by atoms with E-state index >= 15 is 0 Å². The van der Waals surface area contributed by atoms with Gasteiger partial charge in [0.25, 0.3) is 10.0 Å². The summed E-state index contributed by atoms with van der Waals surface area (Å²) in [7, 11) is -1.95. The van der Waals surface area contributed by atoms with Gasteiger partial charge in [-0.3, -0.25) is 0 Å². The molecule has 0 aliphatic carbocycles. The molecule has 1 atom stereocenters. The Morgan fingerprint density at radius 3 is 2.58 bits per heavy atom. The van der Waals surface area contributed by atoms with Gasteiger partial charge in [0, 0.05) is 19.8 Å². The maximum Gasteiger partial charge on any atom is 0.260 e. The number of nitrogens with one attached hydrogen (secondary N) is 1. The summed E-state index contributed by atoms with van der Waals surface area (Å²) >= 11 is 0. The zero-order valence-corrected chi connectivity index (χ0v) is 11.3. The number of aromatic nitrogens is 2. The second-order valence-electron chi connectivity index (χ2n) is 4.20. The van der Waals surface area contributed by atoms with Crippen LogP contribution >= 0.6 is 0 Å². The standard InChI is InChI=1S/C12H16N4O2S/c1-16-8-12(14-9-16)19(17,18)15-11(7-13)10-5-3-2-4-6-10/h2-6,8-9,11,15H,7,13H2,1H3. The molecule has 2 rings (SSSR count). The van der Waals surface area contributed by atoms with Crippen molar-refractivity contribution in [1.82, 2.24) is 14.3 Å². The van der Waals surface area contributed by atoms with Gasteiger partial charge in [-0.15, -0.1) is 0 Å². The van der Waals surface area contributed by atoms with E-state index in [1.807, 2.05) is 30.3 Å². The summed E-state index contributed by atoms with van der Waals surface area (Å²) in [6.45, 7) is 0.177. The van der Waals surface area contributed by atoms with Crippen LogP contribution in [-0.4, -0.2) is 24.5 Å². The zero-order valence-electron chi connectivity index (χ0n) is 10.5. The molecular weight excluding hydrogens is 264 g/mol. The van der Waals surface area contributed by atoms with E-state index in [0.29, 0.717) is 0 Å². The van der Waals surface area contributed by atoms with Gasteiger partial charge in [0.2, 0.25) is 0 Å². The van der Waals surface area contributed by atoms with Crippen LogP contribution in [0.4, 0.5) is 0 Å². The fourth-order valence-electron chi connectivity index (χ4n) is 1.71. The molecule has 3 N–H and O–H groups in total. The van der Waals surface area contributed by atoms with Crippen LogP contribution in [0.25, 0.3) is 0 Å². The molecule has 0 bridgehead atoms. The minimum absolute atomic E-state index is 0.00983. The number of nitrogens with two attached hydrogens (primary N) is 1. The summed E-state index contributed by atoms with van der Waals surface area (Å²) in [6.07, 6.45) is 2.88. The van der Waals surface area contributed by atoms with Crippen molar-refractivity contribution in [2.24, 2.45) is 12.8 Å². The summed E-state index contributed by atoms with van der Waals surface area (Å²) in [5.74, 6) is 0. The Kier molecular flexibility index (Phi) is 3.98. The highest BCUT2D eigenvalue weighted by atomic mass is 32.2. The minimum Gasteiger partial charge on any atom is -0.339 e. The largest absolute Gasteiger partial charge is 0.339 e. The molecule has 6 nitrogen and oxygen atoms in total.